The van der Waals surface area contributed by atoms with Gasteiger partial charge in [0.2, 0.25) is 5.76 Å². The van der Waals surface area contributed by atoms with Gasteiger partial charge in [0.15, 0.2) is 0 Å². The largest absolute Gasteiger partial charge is 0.495 e. The molecule has 0 saturated heterocycles. The van der Waals surface area contributed by atoms with Crippen LogP contribution in [0.5, 0.6) is 5.75 Å². The molecular weight excluding hydrogens is 354 g/mol. The number of nitrogens with one attached hydrogen (secondary N) is 1. The van der Waals surface area contributed by atoms with Crippen molar-refractivity contribution in [2.45, 2.75) is 0 Å². The number of anilines is 1. The molecule has 3 aromatic carbocycles. The second-order valence-corrected chi connectivity index (χ2v) is 6.16. The standard InChI is InChI=1S/C23H17NO4/c1-27-19-14-8-7-13-18(19)24-22(25)21-20(15-9-3-2-4-10-15)16-11-5-6-12-17(16)23(26)28-21/h2-14H,1H3,(H,24,25). The zero-order valence-corrected chi connectivity index (χ0v) is 15.1. The van der Waals surface area contributed by atoms with Gasteiger partial charge in [-0.1, -0.05) is 60.7 Å². The highest BCUT2D eigenvalue weighted by Crippen LogP contribution is 2.32. The van der Waals surface area contributed by atoms with Crippen molar-refractivity contribution < 1.29 is 13.9 Å². The van der Waals surface area contributed by atoms with Crippen LogP contribution in [0, 0.1) is 0 Å². The van der Waals surface area contributed by atoms with E-state index >= 15 is 0 Å². The van der Waals surface area contributed by atoms with E-state index in [0.29, 0.717) is 27.8 Å². The minimum absolute atomic E-state index is 0.0409. The molecule has 0 aliphatic rings. The van der Waals surface area contributed by atoms with Crippen LogP contribution in [0.3, 0.4) is 0 Å². The van der Waals surface area contributed by atoms with E-state index in [0.717, 1.165) is 5.56 Å². The number of fused-ring (bicyclic) bond motifs is 1. The number of carbonyl (C=O) groups excluding carboxylic acids is 1. The predicted molar refractivity (Wildman–Crippen MR) is 109 cm³/mol. The highest BCUT2D eigenvalue weighted by molar-refractivity contribution is 6.12. The SMILES string of the molecule is COc1ccccc1NC(=O)c1oc(=O)c2ccccc2c1-c1ccccc1. The number of hydrogen-bond acceptors (Lipinski definition) is 4. The third-order valence-electron chi connectivity index (χ3n) is 4.46. The smallest absolute Gasteiger partial charge is 0.344 e. The van der Waals surface area contributed by atoms with E-state index in [1.807, 2.05) is 42.5 Å². The maximum Gasteiger partial charge on any atom is 0.344 e. The van der Waals surface area contributed by atoms with Crippen LogP contribution in [0.25, 0.3) is 21.9 Å². The summed E-state index contributed by atoms with van der Waals surface area (Å²) in [6.07, 6.45) is 0. The monoisotopic (exact) mass is 371 g/mol. The minimum atomic E-state index is -0.555. The molecule has 1 heterocycles. The van der Waals surface area contributed by atoms with Gasteiger partial charge in [0.1, 0.15) is 5.75 Å². The fraction of sp³-hybridized carbons (Fsp3) is 0.0435. The van der Waals surface area contributed by atoms with E-state index < -0.39 is 11.5 Å². The van der Waals surface area contributed by atoms with Crippen molar-refractivity contribution >= 4 is 22.4 Å². The zero-order valence-electron chi connectivity index (χ0n) is 15.1. The number of carbonyl (C=O) groups is 1. The molecule has 0 spiro atoms. The zero-order chi connectivity index (χ0) is 19.5. The fourth-order valence-electron chi connectivity index (χ4n) is 3.18. The molecule has 5 heteroatoms. The van der Waals surface area contributed by atoms with E-state index in [9.17, 15) is 9.59 Å². The van der Waals surface area contributed by atoms with Gasteiger partial charge >= 0.3 is 5.63 Å². The van der Waals surface area contributed by atoms with Gasteiger partial charge in [0.05, 0.1) is 18.2 Å². The molecule has 4 rings (SSSR count). The number of rotatable bonds is 4. The van der Waals surface area contributed by atoms with Gasteiger partial charge in [-0.05, 0) is 23.8 Å². The molecule has 0 atom stereocenters. The van der Waals surface area contributed by atoms with Crippen LogP contribution >= 0.6 is 0 Å². The molecule has 0 radical (unpaired) electrons. The van der Waals surface area contributed by atoms with Crippen molar-refractivity contribution in [3.8, 4) is 16.9 Å². The Morgan fingerprint density at radius 3 is 2.25 bits per heavy atom. The van der Waals surface area contributed by atoms with Crippen molar-refractivity contribution in [2.24, 2.45) is 0 Å². The first-order valence-electron chi connectivity index (χ1n) is 8.74. The predicted octanol–water partition coefficient (Wildman–Crippen LogP) is 4.72. The molecule has 28 heavy (non-hydrogen) atoms. The molecule has 0 aliphatic carbocycles. The van der Waals surface area contributed by atoms with Gasteiger partial charge in [0, 0.05) is 10.9 Å². The first-order valence-corrected chi connectivity index (χ1v) is 8.74. The molecule has 0 bridgehead atoms. The summed E-state index contributed by atoms with van der Waals surface area (Å²) in [7, 11) is 1.52. The molecule has 138 valence electrons. The Balaban J connectivity index is 1.91. The third kappa shape index (κ3) is 3.14. The topological polar surface area (TPSA) is 68.5 Å². The van der Waals surface area contributed by atoms with Crippen LogP contribution in [0.2, 0.25) is 0 Å². The van der Waals surface area contributed by atoms with Crippen molar-refractivity contribution in [3.63, 3.8) is 0 Å². The summed E-state index contributed by atoms with van der Waals surface area (Å²) in [4.78, 5) is 25.6. The summed E-state index contributed by atoms with van der Waals surface area (Å²) < 4.78 is 10.8. The maximum absolute atomic E-state index is 13.1. The quantitative estimate of drug-likeness (QED) is 0.563. The molecule has 1 amide bonds. The highest BCUT2D eigenvalue weighted by Gasteiger charge is 2.22. The average molecular weight is 371 g/mol. The van der Waals surface area contributed by atoms with Gasteiger partial charge in [-0.25, -0.2) is 4.79 Å². The van der Waals surface area contributed by atoms with E-state index in [1.165, 1.54) is 7.11 Å². The van der Waals surface area contributed by atoms with E-state index in [-0.39, 0.29) is 5.76 Å². The summed E-state index contributed by atoms with van der Waals surface area (Å²) in [5, 5.41) is 3.87. The highest BCUT2D eigenvalue weighted by atomic mass is 16.5. The summed E-state index contributed by atoms with van der Waals surface area (Å²) >= 11 is 0. The molecule has 1 N–H and O–H groups in total. The minimum Gasteiger partial charge on any atom is -0.495 e. The summed E-state index contributed by atoms with van der Waals surface area (Å²) in [5.74, 6) is -0.0488. The molecule has 0 fully saturated rings. The molecule has 5 nitrogen and oxygen atoms in total. The third-order valence-corrected chi connectivity index (χ3v) is 4.46. The lowest BCUT2D eigenvalue weighted by atomic mass is 9.98. The van der Waals surface area contributed by atoms with Gasteiger partial charge in [0.25, 0.3) is 5.91 Å². The lowest BCUT2D eigenvalue weighted by Crippen LogP contribution is -2.17. The Morgan fingerprint density at radius 1 is 0.857 bits per heavy atom. The van der Waals surface area contributed by atoms with E-state index in [4.69, 9.17) is 9.15 Å². The van der Waals surface area contributed by atoms with E-state index in [1.54, 1.807) is 36.4 Å². The van der Waals surface area contributed by atoms with Crippen LogP contribution < -0.4 is 15.7 Å². The normalized spacial score (nSPS) is 10.6. The Morgan fingerprint density at radius 2 is 1.50 bits per heavy atom. The molecule has 0 saturated carbocycles. The number of hydrogen-bond donors (Lipinski definition) is 1. The van der Waals surface area contributed by atoms with Crippen molar-refractivity contribution in [1.82, 2.24) is 0 Å². The molecule has 1 aromatic heterocycles. The molecule has 4 aromatic rings. The number of ether oxygens (including phenoxy) is 1. The van der Waals surface area contributed by atoms with E-state index in [2.05, 4.69) is 5.32 Å². The summed E-state index contributed by atoms with van der Waals surface area (Å²) in [5.41, 5.74) is 1.29. The van der Waals surface area contributed by atoms with Gasteiger partial charge in [-0.3, -0.25) is 4.79 Å². The maximum atomic E-state index is 13.1. The van der Waals surface area contributed by atoms with Crippen molar-refractivity contribution in [2.75, 3.05) is 12.4 Å². The van der Waals surface area contributed by atoms with Crippen LogP contribution in [0.4, 0.5) is 5.69 Å². The molecular formula is C23H17NO4. The molecule has 0 aliphatic heterocycles. The van der Waals surface area contributed by atoms with Gasteiger partial charge < -0.3 is 14.5 Å². The Labute approximate surface area is 161 Å². The van der Waals surface area contributed by atoms with Crippen molar-refractivity contribution in [3.05, 3.63) is 95.0 Å². The van der Waals surface area contributed by atoms with Crippen LogP contribution in [0.1, 0.15) is 10.6 Å². The summed E-state index contributed by atoms with van der Waals surface area (Å²) in [6.45, 7) is 0. The Kier molecular flexibility index (Phi) is 4.64. The Hall–Kier alpha value is -3.86. The second kappa shape index (κ2) is 7.40. The fourth-order valence-corrected chi connectivity index (χ4v) is 3.18. The number of benzene rings is 3. The van der Waals surface area contributed by atoms with Crippen LogP contribution in [-0.4, -0.2) is 13.0 Å². The van der Waals surface area contributed by atoms with Crippen LogP contribution in [-0.2, 0) is 0 Å². The number of para-hydroxylation sites is 2. The van der Waals surface area contributed by atoms with Crippen LogP contribution in [0.15, 0.2) is 88.1 Å². The Bertz CT molecular complexity index is 1210. The van der Waals surface area contributed by atoms with Gasteiger partial charge in [-0.2, -0.15) is 0 Å². The molecule has 0 unspecified atom stereocenters. The number of amides is 1. The number of methoxy groups -OCH3 is 1. The first kappa shape index (κ1) is 17.5. The first-order chi connectivity index (χ1) is 13.7. The summed E-state index contributed by atoms with van der Waals surface area (Å²) in [6, 6.07) is 23.5. The average Bonchev–Trinajstić information content (AvgIpc) is 2.74. The lowest BCUT2D eigenvalue weighted by Gasteiger charge is -2.13. The van der Waals surface area contributed by atoms with Gasteiger partial charge in [-0.15, -0.1) is 0 Å². The lowest BCUT2D eigenvalue weighted by molar-refractivity contribution is 0.0993. The van der Waals surface area contributed by atoms with Crippen molar-refractivity contribution in [1.29, 1.82) is 0 Å². The second-order valence-electron chi connectivity index (χ2n) is 6.16.